The van der Waals surface area contributed by atoms with Crippen molar-refractivity contribution in [1.82, 2.24) is 14.9 Å². The first-order valence-corrected chi connectivity index (χ1v) is 10.3. The zero-order valence-electron chi connectivity index (χ0n) is 16.8. The molecule has 1 aliphatic rings. The van der Waals surface area contributed by atoms with Crippen LogP contribution < -0.4 is 15.4 Å². The Bertz CT molecular complexity index is 1040. The highest BCUT2D eigenvalue weighted by Crippen LogP contribution is 2.27. The maximum atomic E-state index is 12.8. The molecule has 1 fully saturated rings. The van der Waals surface area contributed by atoms with Crippen LogP contribution >= 0.6 is 11.6 Å². The summed E-state index contributed by atoms with van der Waals surface area (Å²) in [4.78, 5) is 25.8. The molecular weight excluding hydrogens is 402 g/mol. The number of methoxy groups -OCH3 is 1. The van der Waals surface area contributed by atoms with Gasteiger partial charge in [0.2, 0.25) is 5.91 Å². The lowest BCUT2D eigenvalue weighted by molar-refractivity contribution is -0.132. The van der Waals surface area contributed by atoms with Gasteiger partial charge in [0.25, 0.3) is 0 Å². The van der Waals surface area contributed by atoms with Gasteiger partial charge in [0.15, 0.2) is 0 Å². The lowest BCUT2D eigenvalue weighted by Crippen LogP contribution is -2.53. The van der Waals surface area contributed by atoms with E-state index in [4.69, 9.17) is 22.1 Å². The first-order valence-electron chi connectivity index (χ1n) is 9.89. The van der Waals surface area contributed by atoms with E-state index in [-0.39, 0.29) is 5.91 Å². The molecule has 8 heteroatoms. The number of para-hydroxylation sites is 1. The van der Waals surface area contributed by atoms with Crippen LogP contribution in [0.4, 0.5) is 5.82 Å². The summed E-state index contributed by atoms with van der Waals surface area (Å²) in [5.41, 5.74) is 8.04. The summed E-state index contributed by atoms with van der Waals surface area (Å²) >= 11 is 5.92. The lowest BCUT2D eigenvalue weighted by Gasteiger charge is -2.36. The number of ether oxygens (including phenoxy) is 1. The van der Waals surface area contributed by atoms with E-state index >= 15 is 0 Å². The van der Waals surface area contributed by atoms with Gasteiger partial charge in [0, 0.05) is 36.6 Å². The summed E-state index contributed by atoms with van der Waals surface area (Å²) in [6, 6.07) is 15.1. The van der Waals surface area contributed by atoms with Crippen molar-refractivity contribution in [1.29, 1.82) is 0 Å². The Hall–Kier alpha value is -2.90. The Balaban J connectivity index is 1.43. The number of nitrogens with two attached hydrogens (primary N) is 1. The summed E-state index contributed by atoms with van der Waals surface area (Å²) in [5.74, 6) is 0.796. The summed E-state index contributed by atoms with van der Waals surface area (Å²) in [6.45, 7) is 2.52. The fourth-order valence-electron chi connectivity index (χ4n) is 3.71. The maximum absolute atomic E-state index is 12.8. The second kappa shape index (κ2) is 8.85. The van der Waals surface area contributed by atoms with Crippen LogP contribution in [0, 0.1) is 0 Å². The molecule has 1 saturated heterocycles. The van der Waals surface area contributed by atoms with E-state index in [1.165, 1.54) is 0 Å². The van der Waals surface area contributed by atoms with Gasteiger partial charge in [-0.1, -0.05) is 35.9 Å². The smallest absolute Gasteiger partial charge is 0.318 e. The molecule has 0 spiro atoms. The molecule has 2 aromatic carbocycles. The SMILES string of the molecule is COc1nc(N2CCN(C(=O)[C@H](N)Cc3ccc(Cl)cc3)CC2)c2ccccc2n1. The molecule has 1 aliphatic heterocycles. The third kappa shape index (κ3) is 4.32. The molecule has 0 radical (unpaired) electrons. The molecule has 1 amide bonds. The van der Waals surface area contributed by atoms with Crippen LogP contribution in [0.1, 0.15) is 5.56 Å². The first-order chi connectivity index (χ1) is 14.5. The monoisotopic (exact) mass is 425 g/mol. The number of hydrogen-bond acceptors (Lipinski definition) is 6. The van der Waals surface area contributed by atoms with Gasteiger partial charge in [-0.3, -0.25) is 4.79 Å². The second-order valence-electron chi connectivity index (χ2n) is 7.30. The number of benzene rings is 2. The second-order valence-corrected chi connectivity index (χ2v) is 7.74. The van der Waals surface area contributed by atoms with Crippen LogP contribution in [0.25, 0.3) is 10.9 Å². The van der Waals surface area contributed by atoms with Gasteiger partial charge in [-0.25, -0.2) is 0 Å². The zero-order chi connectivity index (χ0) is 21.1. The number of fused-ring (bicyclic) bond motifs is 1. The Morgan fingerprint density at radius 3 is 2.50 bits per heavy atom. The standard InChI is InChI=1S/C22H24ClN5O2/c1-30-22-25-19-5-3-2-4-17(19)20(26-22)27-10-12-28(13-11-27)21(29)18(24)14-15-6-8-16(23)9-7-15/h2-9,18H,10-14,24H2,1H3/t18-/m1/s1. The van der Waals surface area contributed by atoms with Crippen molar-refractivity contribution in [2.45, 2.75) is 12.5 Å². The number of anilines is 1. The Labute approximate surface area is 180 Å². The molecule has 3 aromatic rings. The number of carbonyl (C=O) groups excluding carboxylic acids is 1. The van der Waals surface area contributed by atoms with E-state index in [1.807, 2.05) is 53.4 Å². The van der Waals surface area contributed by atoms with Crippen LogP contribution in [0.3, 0.4) is 0 Å². The predicted molar refractivity (Wildman–Crippen MR) is 118 cm³/mol. The van der Waals surface area contributed by atoms with E-state index in [0.29, 0.717) is 43.6 Å². The van der Waals surface area contributed by atoms with Gasteiger partial charge in [0.1, 0.15) is 5.82 Å². The molecule has 0 aliphatic carbocycles. The van der Waals surface area contributed by atoms with Gasteiger partial charge in [-0.05, 0) is 36.2 Å². The molecule has 2 N–H and O–H groups in total. The van der Waals surface area contributed by atoms with E-state index in [9.17, 15) is 4.79 Å². The number of nitrogens with zero attached hydrogens (tertiary/aromatic N) is 4. The molecule has 0 bridgehead atoms. The number of aromatic nitrogens is 2. The van der Waals surface area contributed by atoms with Crippen molar-refractivity contribution >= 4 is 34.2 Å². The van der Waals surface area contributed by atoms with Gasteiger partial charge >= 0.3 is 6.01 Å². The third-order valence-corrected chi connectivity index (χ3v) is 5.57. The van der Waals surface area contributed by atoms with E-state index in [0.717, 1.165) is 22.3 Å². The molecular formula is C22H24ClN5O2. The summed E-state index contributed by atoms with van der Waals surface area (Å²) in [6.07, 6.45) is 0.490. The average Bonchev–Trinajstić information content (AvgIpc) is 2.79. The molecule has 1 atom stereocenters. The minimum Gasteiger partial charge on any atom is -0.467 e. The van der Waals surface area contributed by atoms with Crippen LogP contribution in [0.5, 0.6) is 6.01 Å². The van der Waals surface area contributed by atoms with Crippen molar-refractivity contribution in [3.05, 3.63) is 59.1 Å². The van der Waals surface area contributed by atoms with Crippen molar-refractivity contribution in [3.8, 4) is 6.01 Å². The Kier molecular flexibility index (Phi) is 6.01. The fourth-order valence-corrected chi connectivity index (χ4v) is 3.83. The molecule has 4 rings (SSSR count). The number of carbonyl (C=O) groups is 1. The molecule has 7 nitrogen and oxygen atoms in total. The quantitative estimate of drug-likeness (QED) is 0.676. The van der Waals surface area contributed by atoms with Crippen LogP contribution in [-0.2, 0) is 11.2 Å². The Morgan fingerprint density at radius 1 is 1.10 bits per heavy atom. The number of amides is 1. The number of piperazine rings is 1. The molecule has 30 heavy (non-hydrogen) atoms. The minimum atomic E-state index is -0.572. The lowest BCUT2D eigenvalue weighted by atomic mass is 10.1. The highest BCUT2D eigenvalue weighted by molar-refractivity contribution is 6.30. The molecule has 1 aromatic heterocycles. The van der Waals surface area contributed by atoms with E-state index < -0.39 is 6.04 Å². The molecule has 0 saturated carbocycles. The minimum absolute atomic E-state index is 0.0327. The van der Waals surface area contributed by atoms with E-state index in [2.05, 4.69) is 14.9 Å². The number of rotatable bonds is 5. The number of hydrogen-bond donors (Lipinski definition) is 1. The fraction of sp³-hybridized carbons (Fsp3) is 0.318. The molecule has 156 valence electrons. The summed E-state index contributed by atoms with van der Waals surface area (Å²) in [5, 5.41) is 1.64. The van der Waals surface area contributed by atoms with Crippen molar-refractivity contribution in [2.75, 3.05) is 38.2 Å². The van der Waals surface area contributed by atoms with Gasteiger partial charge in [-0.15, -0.1) is 0 Å². The largest absolute Gasteiger partial charge is 0.467 e. The van der Waals surface area contributed by atoms with Crippen LogP contribution in [0.2, 0.25) is 5.02 Å². The van der Waals surface area contributed by atoms with Crippen molar-refractivity contribution in [2.24, 2.45) is 5.73 Å². The van der Waals surface area contributed by atoms with Crippen LogP contribution in [0.15, 0.2) is 48.5 Å². The number of halogens is 1. The van der Waals surface area contributed by atoms with Crippen LogP contribution in [-0.4, -0.2) is 60.1 Å². The van der Waals surface area contributed by atoms with Gasteiger partial charge in [0.05, 0.1) is 18.7 Å². The predicted octanol–water partition coefficient (Wildman–Crippen LogP) is 2.51. The topological polar surface area (TPSA) is 84.6 Å². The average molecular weight is 426 g/mol. The van der Waals surface area contributed by atoms with E-state index in [1.54, 1.807) is 7.11 Å². The Morgan fingerprint density at radius 2 is 1.80 bits per heavy atom. The van der Waals surface area contributed by atoms with Gasteiger partial charge in [-0.2, -0.15) is 9.97 Å². The highest BCUT2D eigenvalue weighted by atomic mass is 35.5. The zero-order valence-corrected chi connectivity index (χ0v) is 17.5. The van der Waals surface area contributed by atoms with Crippen molar-refractivity contribution < 1.29 is 9.53 Å². The maximum Gasteiger partial charge on any atom is 0.318 e. The third-order valence-electron chi connectivity index (χ3n) is 5.32. The summed E-state index contributed by atoms with van der Waals surface area (Å²) in [7, 11) is 1.56. The molecule has 0 unspecified atom stereocenters. The van der Waals surface area contributed by atoms with Crippen molar-refractivity contribution in [3.63, 3.8) is 0 Å². The normalized spacial score (nSPS) is 15.3. The summed E-state index contributed by atoms with van der Waals surface area (Å²) < 4.78 is 5.27. The highest BCUT2D eigenvalue weighted by Gasteiger charge is 2.27. The van der Waals surface area contributed by atoms with Gasteiger partial charge < -0.3 is 20.3 Å². The molecule has 2 heterocycles. The first kappa shape index (κ1) is 20.4.